The van der Waals surface area contributed by atoms with Gasteiger partial charge in [0.25, 0.3) is 0 Å². The van der Waals surface area contributed by atoms with Crippen LogP contribution in [0.15, 0.2) is 0 Å². The predicted octanol–water partition coefficient (Wildman–Crippen LogP) is 16.7. The third-order valence-electron chi connectivity index (χ3n) is 11.3. The number of unbranched alkanes of at least 4 members (excludes halogenated alkanes) is 41. The van der Waals surface area contributed by atoms with Crippen LogP contribution in [0.3, 0.4) is 0 Å². The number of ether oxygens (including phenoxy) is 1. The molecule has 3 heteroatoms. The van der Waals surface area contributed by atoms with E-state index in [9.17, 15) is 4.79 Å². The van der Waals surface area contributed by atoms with Gasteiger partial charge in [-0.05, 0) is 19.3 Å². The van der Waals surface area contributed by atoms with Gasteiger partial charge in [0.2, 0.25) is 0 Å². The van der Waals surface area contributed by atoms with Gasteiger partial charge in [-0.15, -0.1) is 0 Å². The van der Waals surface area contributed by atoms with E-state index in [-0.39, 0.29) is 5.97 Å². The number of carbonyl (C=O) groups is 1. The molecule has 0 spiro atoms. The molecule has 0 aliphatic rings. The quantitative estimate of drug-likeness (QED) is 0.0503. The Kier molecular flexibility index (Phi) is 46.9. The minimum atomic E-state index is 0.0243. The molecule has 0 atom stereocenters. The average molecular weight is 721 g/mol. The summed E-state index contributed by atoms with van der Waals surface area (Å²) in [5.41, 5.74) is 0. The van der Waals surface area contributed by atoms with Crippen molar-refractivity contribution in [2.75, 3.05) is 13.2 Å². The van der Waals surface area contributed by atoms with Crippen LogP contribution in [0.2, 0.25) is 0 Å². The number of hydrogen-bond acceptors (Lipinski definition) is 3. The van der Waals surface area contributed by atoms with Crippen LogP contribution in [-0.2, 0) is 9.53 Å². The first-order chi connectivity index (χ1) is 25.3. The first-order valence-electron chi connectivity index (χ1n) is 24.1. The van der Waals surface area contributed by atoms with Crippen molar-refractivity contribution < 1.29 is 14.6 Å². The molecule has 0 amide bonds. The third kappa shape index (κ3) is 47.4. The summed E-state index contributed by atoms with van der Waals surface area (Å²) in [6.45, 7) is 3.27. The van der Waals surface area contributed by atoms with Crippen molar-refractivity contribution in [3.63, 3.8) is 0 Å². The van der Waals surface area contributed by atoms with E-state index in [1.54, 1.807) is 0 Å². The molecule has 0 heterocycles. The summed E-state index contributed by atoms with van der Waals surface area (Å²) in [5.74, 6) is 0.0243. The normalized spacial score (nSPS) is 11.5. The van der Waals surface area contributed by atoms with E-state index in [1.807, 2.05) is 0 Å². The van der Waals surface area contributed by atoms with Crippen LogP contribution in [0.25, 0.3) is 0 Å². The highest BCUT2D eigenvalue weighted by Gasteiger charge is 2.03. The first-order valence-corrected chi connectivity index (χ1v) is 24.1. The molecule has 1 N–H and O–H groups in total. The summed E-state index contributed by atoms with van der Waals surface area (Å²) in [6, 6.07) is 0. The van der Waals surface area contributed by atoms with E-state index in [2.05, 4.69) is 6.92 Å². The highest BCUT2D eigenvalue weighted by atomic mass is 16.5. The van der Waals surface area contributed by atoms with Crippen molar-refractivity contribution in [3.8, 4) is 0 Å². The molecule has 51 heavy (non-hydrogen) atoms. The summed E-state index contributed by atoms with van der Waals surface area (Å²) < 4.78 is 5.44. The maximum Gasteiger partial charge on any atom is 0.305 e. The molecular weight excluding hydrogens is 625 g/mol. The zero-order valence-electron chi connectivity index (χ0n) is 35.3. The molecule has 0 aromatic rings. The van der Waals surface area contributed by atoms with Crippen molar-refractivity contribution in [1.82, 2.24) is 0 Å². The number of hydrogen-bond donors (Lipinski definition) is 1. The Morgan fingerprint density at radius 2 is 0.529 bits per heavy atom. The molecule has 0 aliphatic heterocycles. The van der Waals surface area contributed by atoms with E-state index in [0.717, 1.165) is 19.3 Å². The minimum Gasteiger partial charge on any atom is -0.466 e. The van der Waals surface area contributed by atoms with Crippen LogP contribution in [0.4, 0.5) is 0 Å². The highest BCUT2D eigenvalue weighted by molar-refractivity contribution is 5.69. The second-order valence-electron chi connectivity index (χ2n) is 16.5. The van der Waals surface area contributed by atoms with Crippen molar-refractivity contribution in [1.29, 1.82) is 0 Å². The largest absolute Gasteiger partial charge is 0.466 e. The average Bonchev–Trinajstić information content (AvgIpc) is 3.14. The summed E-state index contributed by atoms with van der Waals surface area (Å²) in [5, 5.41) is 8.81. The number of aliphatic hydroxyl groups is 1. The molecule has 306 valence electrons. The Balaban J connectivity index is 3.10. The number of esters is 1. The fraction of sp³-hybridized carbons (Fsp3) is 0.979. The molecule has 0 radical (unpaired) electrons. The van der Waals surface area contributed by atoms with Gasteiger partial charge in [-0.2, -0.15) is 0 Å². The van der Waals surface area contributed by atoms with Gasteiger partial charge < -0.3 is 9.84 Å². The fourth-order valence-corrected chi connectivity index (χ4v) is 7.71. The molecule has 0 aromatic carbocycles. The zero-order chi connectivity index (χ0) is 36.8. The summed E-state index contributed by atoms with van der Waals surface area (Å²) in [7, 11) is 0. The van der Waals surface area contributed by atoms with Crippen LogP contribution in [-0.4, -0.2) is 24.3 Å². The van der Waals surface area contributed by atoms with Gasteiger partial charge in [0.05, 0.1) is 6.61 Å². The lowest BCUT2D eigenvalue weighted by Crippen LogP contribution is -2.05. The smallest absolute Gasteiger partial charge is 0.305 e. The van der Waals surface area contributed by atoms with Crippen LogP contribution in [0.5, 0.6) is 0 Å². The molecule has 0 unspecified atom stereocenters. The fourth-order valence-electron chi connectivity index (χ4n) is 7.71. The molecule has 0 rings (SSSR count). The summed E-state index contributed by atoms with van der Waals surface area (Å²) in [4.78, 5) is 11.9. The van der Waals surface area contributed by atoms with Crippen molar-refractivity contribution in [2.24, 2.45) is 0 Å². The van der Waals surface area contributed by atoms with Crippen LogP contribution >= 0.6 is 0 Å². The topological polar surface area (TPSA) is 46.5 Å². The number of rotatable bonds is 46. The van der Waals surface area contributed by atoms with Gasteiger partial charge in [-0.3, -0.25) is 4.79 Å². The molecule has 0 bridgehead atoms. The van der Waals surface area contributed by atoms with E-state index < -0.39 is 0 Å². The van der Waals surface area contributed by atoms with Crippen molar-refractivity contribution in [2.45, 2.75) is 289 Å². The monoisotopic (exact) mass is 721 g/mol. The summed E-state index contributed by atoms with van der Waals surface area (Å²) >= 11 is 0. The van der Waals surface area contributed by atoms with Crippen molar-refractivity contribution in [3.05, 3.63) is 0 Å². The second kappa shape index (κ2) is 47.5. The van der Waals surface area contributed by atoms with Crippen LogP contribution in [0, 0.1) is 0 Å². The lowest BCUT2D eigenvalue weighted by atomic mass is 10.0. The van der Waals surface area contributed by atoms with Gasteiger partial charge in [-0.25, -0.2) is 0 Å². The maximum atomic E-state index is 11.9. The van der Waals surface area contributed by atoms with Gasteiger partial charge in [-0.1, -0.05) is 264 Å². The van der Waals surface area contributed by atoms with E-state index in [1.165, 1.54) is 257 Å². The standard InChI is InChI=1S/C48H96O3/c1-2-3-4-5-6-33-36-39-42-45-48(50)51-47-44-41-38-35-32-30-28-26-24-22-20-18-16-14-12-10-8-7-9-11-13-15-17-19-21-23-25-27-29-31-34-37-40-43-46-49/h49H,2-47H2,1H3. The van der Waals surface area contributed by atoms with E-state index >= 15 is 0 Å². The van der Waals surface area contributed by atoms with Gasteiger partial charge in [0.15, 0.2) is 0 Å². The Morgan fingerprint density at radius 1 is 0.314 bits per heavy atom. The Bertz CT molecular complexity index is 620. The molecule has 3 nitrogen and oxygen atoms in total. The Hall–Kier alpha value is -0.570. The molecule has 0 aromatic heterocycles. The Morgan fingerprint density at radius 3 is 0.784 bits per heavy atom. The zero-order valence-corrected chi connectivity index (χ0v) is 35.3. The first kappa shape index (κ1) is 50.4. The van der Waals surface area contributed by atoms with E-state index in [4.69, 9.17) is 9.84 Å². The molecule has 0 saturated heterocycles. The Labute approximate surface area is 322 Å². The van der Waals surface area contributed by atoms with Crippen LogP contribution in [0.1, 0.15) is 289 Å². The predicted molar refractivity (Wildman–Crippen MR) is 227 cm³/mol. The number of aliphatic hydroxyl groups excluding tert-OH is 1. The van der Waals surface area contributed by atoms with Gasteiger partial charge in [0.1, 0.15) is 0 Å². The second-order valence-corrected chi connectivity index (χ2v) is 16.5. The lowest BCUT2D eigenvalue weighted by Gasteiger charge is -2.06. The molecule has 0 saturated carbocycles. The van der Waals surface area contributed by atoms with Crippen molar-refractivity contribution >= 4 is 5.97 Å². The number of carbonyl (C=O) groups excluding carboxylic acids is 1. The highest BCUT2D eigenvalue weighted by Crippen LogP contribution is 2.17. The molecular formula is C48H96O3. The van der Waals surface area contributed by atoms with Gasteiger partial charge in [0, 0.05) is 13.0 Å². The SMILES string of the molecule is CCCCCCCCCCCC(=O)OCCCCCCCCCCCCCCCCCCCCCCCCCCCCCCCCCCCCO. The van der Waals surface area contributed by atoms with Gasteiger partial charge >= 0.3 is 5.97 Å². The lowest BCUT2D eigenvalue weighted by molar-refractivity contribution is -0.143. The molecule has 0 aliphatic carbocycles. The van der Waals surface area contributed by atoms with Crippen LogP contribution < -0.4 is 0 Å². The maximum absolute atomic E-state index is 11.9. The summed E-state index contributed by atoms with van der Waals surface area (Å²) in [6.07, 6.45) is 59.7. The molecule has 0 fully saturated rings. The minimum absolute atomic E-state index is 0.0243. The third-order valence-corrected chi connectivity index (χ3v) is 11.3. The van der Waals surface area contributed by atoms with E-state index in [0.29, 0.717) is 19.6 Å².